The van der Waals surface area contributed by atoms with Crippen LogP contribution in [0.5, 0.6) is 0 Å². The Balaban J connectivity index is 2.02. The Morgan fingerprint density at radius 3 is 2.43 bits per heavy atom. The van der Waals surface area contributed by atoms with Crippen LogP contribution < -0.4 is 5.01 Å². The summed E-state index contributed by atoms with van der Waals surface area (Å²) >= 11 is 5.93. The lowest BCUT2D eigenvalue weighted by Crippen LogP contribution is -2.36. The zero-order valence-electron chi connectivity index (χ0n) is 11.7. The molecule has 4 heteroatoms. The molecule has 1 atom stereocenters. The predicted octanol–water partition coefficient (Wildman–Crippen LogP) is 4.12. The van der Waals surface area contributed by atoms with Crippen molar-refractivity contribution in [2.75, 3.05) is 5.01 Å². The number of carbonyl (C=O) groups is 1. The fraction of sp³-hybridized carbons (Fsp3) is 0.176. The molecule has 1 aliphatic heterocycles. The molecule has 0 bridgehead atoms. The summed E-state index contributed by atoms with van der Waals surface area (Å²) in [6.07, 6.45) is 0.455. The summed E-state index contributed by atoms with van der Waals surface area (Å²) in [6.45, 7) is 2.02. The molecule has 2 aromatic rings. The van der Waals surface area contributed by atoms with Gasteiger partial charge in [0.05, 0.1) is 11.4 Å². The van der Waals surface area contributed by atoms with Gasteiger partial charge in [-0.05, 0) is 29.8 Å². The molecule has 0 saturated heterocycles. The predicted molar refractivity (Wildman–Crippen MR) is 85.7 cm³/mol. The monoisotopic (exact) mass is 298 g/mol. The molecule has 0 fully saturated rings. The highest BCUT2D eigenvalue weighted by Gasteiger charge is 2.28. The van der Waals surface area contributed by atoms with Crippen LogP contribution in [0.4, 0.5) is 5.69 Å². The minimum atomic E-state index is 0.0198. The summed E-state index contributed by atoms with van der Waals surface area (Å²) in [7, 11) is 0. The minimum Gasteiger partial charge on any atom is -0.273 e. The van der Waals surface area contributed by atoms with Gasteiger partial charge in [-0.15, -0.1) is 0 Å². The second-order valence-corrected chi connectivity index (χ2v) is 5.57. The van der Waals surface area contributed by atoms with Gasteiger partial charge in [-0.2, -0.15) is 5.10 Å². The molecule has 21 heavy (non-hydrogen) atoms. The number of nitrogens with zero attached hydrogens (tertiary/aromatic N) is 2. The number of hydrazone groups is 1. The van der Waals surface area contributed by atoms with Crippen molar-refractivity contribution in [3.8, 4) is 0 Å². The van der Waals surface area contributed by atoms with E-state index in [-0.39, 0.29) is 11.8 Å². The number of hydrogen-bond acceptors (Lipinski definition) is 2. The van der Waals surface area contributed by atoms with Crippen molar-refractivity contribution in [2.45, 2.75) is 13.3 Å². The van der Waals surface area contributed by atoms with Crippen molar-refractivity contribution < 1.29 is 4.79 Å². The Morgan fingerprint density at radius 1 is 1.10 bits per heavy atom. The fourth-order valence-electron chi connectivity index (χ4n) is 2.44. The van der Waals surface area contributed by atoms with Crippen LogP contribution in [0.3, 0.4) is 0 Å². The third kappa shape index (κ3) is 2.83. The smallest absolute Gasteiger partial charge is 0.248 e. The van der Waals surface area contributed by atoms with Gasteiger partial charge in [-0.3, -0.25) is 4.79 Å². The van der Waals surface area contributed by atoms with Crippen LogP contribution in [0.15, 0.2) is 59.7 Å². The van der Waals surface area contributed by atoms with E-state index in [1.807, 2.05) is 61.5 Å². The van der Waals surface area contributed by atoms with Gasteiger partial charge in [0.2, 0.25) is 5.91 Å². The van der Waals surface area contributed by atoms with E-state index in [4.69, 9.17) is 11.6 Å². The number of benzene rings is 2. The highest BCUT2D eigenvalue weighted by Crippen LogP contribution is 2.25. The average molecular weight is 299 g/mol. The molecule has 3 nitrogen and oxygen atoms in total. The van der Waals surface area contributed by atoms with Gasteiger partial charge in [0.1, 0.15) is 0 Å². The lowest BCUT2D eigenvalue weighted by atomic mass is 9.94. The van der Waals surface area contributed by atoms with Crippen molar-refractivity contribution in [2.24, 2.45) is 11.0 Å². The van der Waals surface area contributed by atoms with Gasteiger partial charge in [0.25, 0.3) is 0 Å². The van der Waals surface area contributed by atoms with E-state index in [0.717, 1.165) is 17.0 Å². The Bertz CT molecular complexity index is 680. The van der Waals surface area contributed by atoms with Crippen LogP contribution in [0.2, 0.25) is 5.02 Å². The normalized spacial score (nSPS) is 18.6. The van der Waals surface area contributed by atoms with Gasteiger partial charge in [0, 0.05) is 17.4 Å². The van der Waals surface area contributed by atoms with E-state index in [9.17, 15) is 4.79 Å². The minimum absolute atomic E-state index is 0.0198. The summed E-state index contributed by atoms with van der Waals surface area (Å²) in [5.74, 6) is 0.116. The van der Waals surface area contributed by atoms with Crippen molar-refractivity contribution in [3.63, 3.8) is 0 Å². The van der Waals surface area contributed by atoms with E-state index in [1.54, 1.807) is 0 Å². The molecule has 1 amide bonds. The molecule has 2 aromatic carbocycles. The molecule has 0 aromatic heterocycles. The number of carbonyl (C=O) groups excluding carboxylic acids is 1. The van der Waals surface area contributed by atoms with E-state index in [1.165, 1.54) is 5.01 Å². The molecule has 1 aliphatic rings. The van der Waals surface area contributed by atoms with Crippen molar-refractivity contribution in [1.29, 1.82) is 0 Å². The molecule has 0 radical (unpaired) electrons. The number of anilines is 1. The Morgan fingerprint density at radius 2 is 1.76 bits per heavy atom. The molecular formula is C17H15ClN2O. The lowest BCUT2D eigenvalue weighted by molar-refractivity contribution is -0.119. The number of para-hydroxylation sites is 1. The quantitative estimate of drug-likeness (QED) is 0.821. The van der Waals surface area contributed by atoms with Gasteiger partial charge in [-0.1, -0.05) is 48.9 Å². The molecule has 0 unspecified atom stereocenters. The van der Waals surface area contributed by atoms with Crippen LogP contribution in [0.25, 0.3) is 0 Å². The third-order valence-corrected chi connectivity index (χ3v) is 3.78. The first-order valence-corrected chi connectivity index (χ1v) is 7.25. The highest BCUT2D eigenvalue weighted by atomic mass is 35.5. The number of rotatable bonds is 2. The van der Waals surface area contributed by atoms with Crippen LogP contribution in [0, 0.1) is 5.92 Å². The average Bonchev–Trinajstić information content (AvgIpc) is 2.49. The molecule has 106 valence electrons. The summed E-state index contributed by atoms with van der Waals surface area (Å²) in [5.41, 5.74) is 2.70. The van der Waals surface area contributed by atoms with E-state index in [0.29, 0.717) is 11.4 Å². The Kier molecular flexibility index (Phi) is 3.76. The van der Waals surface area contributed by atoms with Crippen molar-refractivity contribution in [1.82, 2.24) is 0 Å². The first-order valence-electron chi connectivity index (χ1n) is 6.87. The molecule has 3 rings (SSSR count). The molecule has 0 N–H and O–H groups in total. The van der Waals surface area contributed by atoms with Gasteiger partial charge in [0.15, 0.2) is 0 Å². The standard InChI is InChI=1S/C17H15ClN2O/c1-12-11-16(21)20(15-5-3-2-4-6-15)19-17(12)13-7-9-14(18)10-8-13/h2-10,12H,11H2,1H3/t12-/m0/s1. The molecule has 0 spiro atoms. The van der Waals surface area contributed by atoms with Crippen LogP contribution in [0.1, 0.15) is 18.9 Å². The fourth-order valence-corrected chi connectivity index (χ4v) is 2.57. The molecular weight excluding hydrogens is 284 g/mol. The molecule has 0 aliphatic carbocycles. The first-order chi connectivity index (χ1) is 10.1. The lowest BCUT2D eigenvalue weighted by Gasteiger charge is -2.27. The maximum Gasteiger partial charge on any atom is 0.248 e. The summed E-state index contributed by atoms with van der Waals surface area (Å²) in [4.78, 5) is 12.2. The first kappa shape index (κ1) is 13.8. The second kappa shape index (κ2) is 5.70. The van der Waals surface area contributed by atoms with Crippen molar-refractivity contribution >= 4 is 28.9 Å². The number of amides is 1. The van der Waals surface area contributed by atoms with Crippen LogP contribution >= 0.6 is 11.6 Å². The molecule has 1 heterocycles. The van der Waals surface area contributed by atoms with Crippen LogP contribution in [-0.2, 0) is 4.79 Å². The largest absolute Gasteiger partial charge is 0.273 e. The van der Waals surface area contributed by atoms with Gasteiger partial charge in [-0.25, -0.2) is 5.01 Å². The molecule has 0 saturated carbocycles. The van der Waals surface area contributed by atoms with Gasteiger partial charge >= 0.3 is 0 Å². The highest BCUT2D eigenvalue weighted by molar-refractivity contribution is 6.30. The summed E-state index contributed by atoms with van der Waals surface area (Å²) in [6, 6.07) is 17.1. The van der Waals surface area contributed by atoms with Crippen molar-refractivity contribution in [3.05, 3.63) is 65.2 Å². The zero-order chi connectivity index (χ0) is 14.8. The maximum atomic E-state index is 12.2. The Labute approximate surface area is 128 Å². The number of hydrogen-bond donors (Lipinski definition) is 0. The summed E-state index contributed by atoms with van der Waals surface area (Å²) in [5, 5.41) is 6.75. The summed E-state index contributed by atoms with van der Waals surface area (Å²) < 4.78 is 0. The third-order valence-electron chi connectivity index (χ3n) is 3.53. The Hall–Kier alpha value is -2.13. The zero-order valence-corrected chi connectivity index (χ0v) is 12.4. The van der Waals surface area contributed by atoms with Crippen LogP contribution in [-0.4, -0.2) is 11.6 Å². The van der Waals surface area contributed by atoms with E-state index < -0.39 is 0 Å². The maximum absolute atomic E-state index is 12.2. The SMILES string of the molecule is C[C@H]1CC(=O)N(c2ccccc2)N=C1c1ccc(Cl)cc1. The van der Waals surface area contributed by atoms with E-state index >= 15 is 0 Å². The topological polar surface area (TPSA) is 32.7 Å². The second-order valence-electron chi connectivity index (χ2n) is 5.14. The van der Waals surface area contributed by atoms with E-state index in [2.05, 4.69) is 5.10 Å². The van der Waals surface area contributed by atoms with Gasteiger partial charge < -0.3 is 0 Å². The number of halogens is 1.